The van der Waals surface area contributed by atoms with Gasteiger partial charge in [0, 0.05) is 18.6 Å². The second-order valence-corrected chi connectivity index (χ2v) is 9.11. The van der Waals surface area contributed by atoms with Gasteiger partial charge in [-0.05, 0) is 24.1 Å². The minimum atomic E-state index is -0.827. The number of hydrogen-bond donors (Lipinski definition) is 1. The van der Waals surface area contributed by atoms with E-state index in [0.29, 0.717) is 11.3 Å². The Bertz CT molecular complexity index is 1040. The maximum Gasteiger partial charge on any atom is 0.238 e. The van der Waals surface area contributed by atoms with E-state index in [1.165, 1.54) is 57.4 Å². The molecule has 4 nitrogen and oxygen atoms in total. The van der Waals surface area contributed by atoms with Crippen LogP contribution in [-0.4, -0.2) is 11.1 Å². The molecule has 1 amide bonds. The SMILES string of the molecule is CCCCCCCCCCCCc1cc(C(C(=O)Nc2ccc(F)cc2F)c2ccccc2)no1. The molecule has 0 radical (unpaired) electrons. The number of nitrogens with zero attached hydrogens (tertiary/aromatic N) is 1. The number of aromatic nitrogens is 1. The third-order valence-electron chi connectivity index (χ3n) is 6.23. The molecule has 0 fully saturated rings. The molecule has 1 unspecified atom stereocenters. The lowest BCUT2D eigenvalue weighted by Crippen LogP contribution is -2.23. The predicted molar refractivity (Wildman–Crippen MR) is 135 cm³/mol. The van der Waals surface area contributed by atoms with E-state index >= 15 is 0 Å². The molecule has 3 rings (SSSR count). The average molecular weight is 483 g/mol. The maximum atomic E-state index is 14.1. The van der Waals surface area contributed by atoms with E-state index in [1.54, 1.807) is 0 Å². The molecule has 3 aromatic rings. The Balaban J connectivity index is 1.55. The minimum Gasteiger partial charge on any atom is -0.361 e. The number of amides is 1. The molecule has 0 aliphatic rings. The summed E-state index contributed by atoms with van der Waals surface area (Å²) in [5, 5.41) is 6.74. The summed E-state index contributed by atoms with van der Waals surface area (Å²) in [7, 11) is 0. The van der Waals surface area contributed by atoms with Gasteiger partial charge in [-0.1, -0.05) is 100 Å². The first-order chi connectivity index (χ1) is 17.1. The van der Waals surface area contributed by atoms with E-state index in [9.17, 15) is 13.6 Å². The molecule has 1 atom stereocenters. The number of hydrogen-bond acceptors (Lipinski definition) is 3. The number of benzene rings is 2. The summed E-state index contributed by atoms with van der Waals surface area (Å²) in [6, 6.07) is 14.0. The van der Waals surface area contributed by atoms with Gasteiger partial charge >= 0.3 is 0 Å². The number of carbonyl (C=O) groups is 1. The lowest BCUT2D eigenvalue weighted by atomic mass is 9.94. The topological polar surface area (TPSA) is 55.1 Å². The van der Waals surface area contributed by atoms with Crippen LogP contribution in [0, 0.1) is 11.6 Å². The zero-order valence-electron chi connectivity index (χ0n) is 20.6. The Morgan fingerprint density at radius 2 is 1.54 bits per heavy atom. The largest absolute Gasteiger partial charge is 0.361 e. The van der Waals surface area contributed by atoms with Crippen molar-refractivity contribution in [2.45, 2.75) is 83.5 Å². The highest BCUT2D eigenvalue weighted by Crippen LogP contribution is 2.27. The molecule has 6 heteroatoms. The summed E-state index contributed by atoms with van der Waals surface area (Å²) in [6.45, 7) is 2.24. The summed E-state index contributed by atoms with van der Waals surface area (Å²) in [5.74, 6) is -2.02. The Labute approximate surface area is 207 Å². The van der Waals surface area contributed by atoms with Crippen LogP contribution in [0.5, 0.6) is 0 Å². The zero-order valence-corrected chi connectivity index (χ0v) is 20.6. The Morgan fingerprint density at radius 1 is 0.886 bits per heavy atom. The van der Waals surface area contributed by atoms with Gasteiger partial charge in [0.25, 0.3) is 0 Å². The molecular formula is C29H36F2N2O2. The highest BCUT2D eigenvalue weighted by atomic mass is 19.1. The van der Waals surface area contributed by atoms with Crippen LogP contribution >= 0.6 is 0 Å². The summed E-state index contributed by atoms with van der Waals surface area (Å²) in [6.07, 6.45) is 13.3. The molecule has 188 valence electrons. The number of rotatable bonds is 15. The quantitative estimate of drug-likeness (QED) is 0.222. The van der Waals surface area contributed by atoms with Gasteiger partial charge in [0.15, 0.2) is 0 Å². The van der Waals surface area contributed by atoms with Gasteiger partial charge in [0.1, 0.15) is 29.0 Å². The Hall–Kier alpha value is -3.02. The van der Waals surface area contributed by atoms with Crippen molar-refractivity contribution >= 4 is 11.6 Å². The van der Waals surface area contributed by atoms with Crippen molar-refractivity contribution in [3.8, 4) is 0 Å². The molecule has 1 aromatic heterocycles. The number of nitrogens with one attached hydrogen (secondary N) is 1. The van der Waals surface area contributed by atoms with Crippen LogP contribution in [0.2, 0.25) is 0 Å². The van der Waals surface area contributed by atoms with E-state index in [1.807, 2.05) is 36.4 Å². The second kappa shape index (κ2) is 14.4. The zero-order chi connectivity index (χ0) is 24.9. The van der Waals surface area contributed by atoms with Gasteiger partial charge in [0.2, 0.25) is 5.91 Å². The van der Waals surface area contributed by atoms with E-state index < -0.39 is 23.5 Å². The highest BCUT2D eigenvalue weighted by molar-refractivity contribution is 5.97. The Morgan fingerprint density at radius 3 is 2.20 bits per heavy atom. The van der Waals surface area contributed by atoms with Crippen LogP contribution in [0.15, 0.2) is 59.1 Å². The first kappa shape index (κ1) is 26.6. The van der Waals surface area contributed by atoms with Crippen molar-refractivity contribution in [1.82, 2.24) is 5.16 Å². The van der Waals surface area contributed by atoms with Crippen LogP contribution < -0.4 is 5.32 Å². The van der Waals surface area contributed by atoms with E-state index in [4.69, 9.17) is 4.52 Å². The lowest BCUT2D eigenvalue weighted by Gasteiger charge is -2.15. The predicted octanol–water partition coefficient (Wildman–Crippen LogP) is 8.19. The average Bonchev–Trinajstić information content (AvgIpc) is 3.31. The van der Waals surface area contributed by atoms with E-state index in [2.05, 4.69) is 17.4 Å². The fourth-order valence-electron chi connectivity index (χ4n) is 4.27. The minimum absolute atomic E-state index is 0.0774. The number of unbranched alkanes of at least 4 members (excludes halogenated alkanes) is 9. The molecule has 0 bridgehead atoms. The van der Waals surface area contributed by atoms with Crippen molar-refractivity contribution < 1.29 is 18.1 Å². The summed E-state index contributed by atoms with van der Waals surface area (Å²) in [5.41, 5.74) is 1.11. The number of aryl methyl sites for hydroxylation is 1. The van der Waals surface area contributed by atoms with Crippen molar-refractivity contribution in [3.05, 3.63) is 83.2 Å². The standard InChI is InChI=1S/C29H36F2N2O2/c1-2-3-4-5-6-7-8-9-10-14-17-24-21-27(33-35-24)28(22-15-12-11-13-16-22)29(34)32-26-19-18-23(30)20-25(26)31/h11-13,15-16,18-21,28H,2-10,14,17H2,1H3,(H,32,34). The van der Waals surface area contributed by atoms with Crippen LogP contribution in [-0.2, 0) is 11.2 Å². The van der Waals surface area contributed by atoms with Gasteiger partial charge in [-0.3, -0.25) is 4.79 Å². The van der Waals surface area contributed by atoms with Crippen molar-refractivity contribution in [3.63, 3.8) is 0 Å². The molecular weight excluding hydrogens is 446 g/mol. The third kappa shape index (κ3) is 8.61. The van der Waals surface area contributed by atoms with Gasteiger partial charge in [-0.15, -0.1) is 0 Å². The molecule has 0 spiro atoms. The van der Waals surface area contributed by atoms with Crippen LogP contribution in [0.1, 0.15) is 94.1 Å². The van der Waals surface area contributed by atoms with E-state index in [0.717, 1.165) is 37.2 Å². The third-order valence-corrected chi connectivity index (χ3v) is 6.23. The lowest BCUT2D eigenvalue weighted by molar-refractivity contribution is -0.116. The molecule has 0 aliphatic carbocycles. The molecule has 35 heavy (non-hydrogen) atoms. The molecule has 1 heterocycles. The fraction of sp³-hybridized carbons (Fsp3) is 0.448. The molecule has 2 aromatic carbocycles. The molecule has 0 saturated heterocycles. The number of anilines is 1. The highest BCUT2D eigenvalue weighted by Gasteiger charge is 2.27. The van der Waals surface area contributed by atoms with Gasteiger partial charge in [-0.25, -0.2) is 8.78 Å². The smallest absolute Gasteiger partial charge is 0.238 e. The van der Waals surface area contributed by atoms with Crippen molar-refractivity contribution in [2.24, 2.45) is 0 Å². The van der Waals surface area contributed by atoms with Crippen LogP contribution in [0.3, 0.4) is 0 Å². The normalized spacial score (nSPS) is 12.0. The molecule has 0 saturated carbocycles. The summed E-state index contributed by atoms with van der Waals surface area (Å²) < 4.78 is 32.9. The van der Waals surface area contributed by atoms with Crippen molar-refractivity contribution in [1.29, 1.82) is 0 Å². The van der Waals surface area contributed by atoms with Crippen LogP contribution in [0.25, 0.3) is 0 Å². The van der Waals surface area contributed by atoms with E-state index in [-0.39, 0.29) is 5.69 Å². The Kier molecular flexibility index (Phi) is 10.9. The van der Waals surface area contributed by atoms with Crippen LogP contribution in [0.4, 0.5) is 14.5 Å². The second-order valence-electron chi connectivity index (χ2n) is 9.11. The van der Waals surface area contributed by atoms with Gasteiger partial charge < -0.3 is 9.84 Å². The van der Waals surface area contributed by atoms with Gasteiger partial charge in [0.05, 0.1) is 5.69 Å². The summed E-state index contributed by atoms with van der Waals surface area (Å²) >= 11 is 0. The fourth-order valence-corrected chi connectivity index (χ4v) is 4.27. The monoisotopic (exact) mass is 482 g/mol. The summed E-state index contributed by atoms with van der Waals surface area (Å²) in [4.78, 5) is 13.2. The molecule has 1 N–H and O–H groups in total. The first-order valence-electron chi connectivity index (χ1n) is 12.8. The maximum absolute atomic E-state index is 14.1. The van der Waals surface area contributed by atoms with Crippen molar-refractivity contribution in [2.75, 3.05) is 5.32 Å². The number of halogens is 2. The number of carbonyl (C=O) groups excluding carboxylic acids is 1. The first-order valence-corrected chi connectivity index (χ1v) is 12.8. The van der Waals surface area contributed by atoms with Gasteiger partial charge in [-0.2, -0.15) is 0 Å². The molecule has 0 aliphatic heterocycles.